The molecule has 0 bridgehead atoms. The van der Waals surface area contributed by atoms with Gasteiger partial charge in [0.25, 0.3) is 5.91 Å². The van der Waals surface area contributed by atoms with Gasteiger partial charge in [0.15, 0.2) is 0 Å². The van der Waals surface area contributed by atoms with Gasteiger partial charge in [-0.15, -0.1) is 0 Å². The molecule has 1 unspecified atom stereocenters. The number of carbonyl (C=O) groups excluding carboxylic acids is 2. The third-order valence-corrected chi connectivity index (χ3v) is 4.74. The van der Waals surface area contributed by atoms with Gasteiger partial charge in [-0.3, -0.25) is 4.79 Å². The summed E-state index contributed by atoms with van der Waals surface area (Å²) in [6.07, 6.45) is 2.01. The zero-order chi connectivity index (χ0) is 21.9. The number of amides is 1. The lowest BCUT2D eigenvalue weighted by Crippen LogP contribution is -2.43. The van der Waals surface area contributed by atoms with Crippen LogP contribution in [0.5, 0.6) is 11.5 Å². The summed E-state index contributed by atoms with van der Waals surface area (Å²) >= 11 is 6.22. The van der Waals surface area contributed by atoms with Gasteiger partial charge in [0.05, 0.1) is 24.3 Å². The molecular formula is C22H27ClN2O5. The summed E-state index contributed by atoms with van der Waals surface area (Å²) in [5.41, 5.74) is 0.807. The van der Waals surface area contributed by atoms with E-state index in [4.69, 9.17) is 21.1 Å². The van der Waals surface area contributed by atoms with Crippen LogP contribution in [0.1, 0.15) is 28.8 Å². The second-order valence-corrected chi connectivity index (χ2v) is 7.11. The van der Waals surface area contributed by atoms with Crippen molar-refractivity contribution < 1.29 is 24.2 Å². The summed E-state index contributed by atoms with van der Waals surface area (Å²) in [4.78, 5) is 24.8. The molecule has 0 saturated heterocycles. The fraction of sp³-hybridized carbons (Fsp3) is 0.364. The Balaban J connectivity index is 2.08. The highest BCUT2D eigenvalue weighted by Crippen LogP contribution is 2.32. The predicted molar refractivity (Wildman–Crippen MR) is 115 cm³/mol. The molecule has 0 aromatic heterocycles. The van der Waals surface area contributed by atoms with Gasteiger partial charge in [0.2, 0.25) is 0 Å². The molecule has 2 aromatic carbocycles. The maximum Gasteiger partial charge on any atom is 0.328 e. The number of nitrogens with one attached hydrogen (secondary N) is 2. The van der Waals surface area contributed by atoms with E-state index in [0.717, 1.165) is 24.9 Å². The van der Waals surface area contributed by atoms with Crippen molar-refractivity contribution in [2.24, 2.45) is 0 Å². The molecule has 7 nitrogen and oxygen atoms in total. The van der Waals surface area contributed by atoms with E-state index in [1.165, 1.54) is 19.2 Å². The van der Waals surface area contributed by atoms with Crippen molar-refractivity contribution in [1.29, 1.82) is 0 Å². The highest BCUT2D eigenvalue weighted by molar-refractivity contribution is 6.32. The molecule has 0 heterocycles. The minimum Gasteiger partial charge on any atom is -0.507 e. The van der Waals surface area contributed by atoms with Crippen molar-refractivity contribution >= 4 is 23.5 Å². The third kappa shape index (κ3) is 6.93. The lowest BCUT2D eigenvalue weighted by molar-refractivity contribution is -0.142. The molecule has 8 heteroatoms. The van der Waals surface area contributed by atoms with Gasteiger partial charge in [-0.2, -0.15) is 0 Å². The Bertz CT molecular complexity index is 845. The summed E-state index contributed by atoms with van der Waals surface area (Å²) in [5.74, 6) is -1.21. The van der Waals surface area contributed by atoms with Gasteiger partial charge >= 0.3 is 5.97 Å². The van der Waals surface area contributed by atoms with Crippen molar-refractivity contribution in [2.75, 3.05) is 27.3 Å². The number of rotatable bonds is 11. The van der Waals surface area contributed by atoms with Crippen LogP contribution in [-0.4, -0.2) is 50.3 Å². The molecule has 1 amide bonds. The zero-order valence-electron chi connectivity index (χ0n) is 17.1. The van der Waals surface area contributed by atoms with Crippen LogP contribution >= 0.6 is 11.6 Å². The monoisotopic (exact) mass is 434 g/mol. The molecular weight excluding hydrogens is 408 g/mol. The van der Waals surface area contributed by atoms with Crippen LogP contribution in [0, 0.1) is 0 Å². The largest absolute Gasteiger partial charge is 0.507 e. The first-order valence-electron chi connectivity index (χ1n) is 9.68. The molecule has 30 heavy (non-hydrogen) atoms. The normalized spacial score (nSPS) is 11.6. The Kier molecular flexibility index (Phi) is 9.44. The van der Waals surface area contributed by atoms with Crippen LogP contribution in [0.25, 0.3) is 0 Å². The number of aromatic hydroxyl groups is 1. The molecule has 0 aliphatic rings. The Morgan fingerprint density at radius 2 is 1.90 bits per heavy atom. The van der Waals surface area contributed by atoms with Crippen molar-refractivity contribution in [3.8, 4) is 11.5 Å². The van der Waals surface area contributed by atoms with Crippen molar-refractivity contribution in [3.05, 3.63) is 58.6 Å². The molecule has 0 spiro atoms. The van der Waals surface area contributed by atoms with Gasteiger partial charge < -0.3 is 25.2 Å². The summed E-state index contributed by atoms with van der Waals surface area (Å²) in [6, 6.07) is 11.0. The molecule has 162 valence electrons. The van der Waals surface area contributed by atoms with Crippen LogP contribution < -0.4 is 15.4 Å². The van der Waals surface area contributed by atoms with Crippen LogP contribution in [0.2, 0.25) is 5.02 Å². The predicted octanol–water partition coefficient (Wildman–Crippen LogP) is 2.94. The topological polar surface area (TPSA) is 96.9 Å². The van der Waals surface area contributed by atoms with Crippen molar-refractivity contribution in [1.82, 2.24) is 10.6 Å². The lowest BCUT2D eigenvalue weighted by atomic mass is 10.1. The first kappa shape index (κ1) is 23.5. The average Bonchev–Trinajstić information content (AvgIpc) is 2.75. The quantitative estimate of drug-likeness (QED) is 0.371. The summed E-state index contributed by atoms with van der Waals surface area (Å²) in [6.45, 7) is 1.32. The van der Waals surface area contributed by atoms with E-state index in [1.54, 1.807) is 0 Å². The average molecular weight is 435 g/mol. The molecule has 2 aromatic rings. The van der Waals surface area contributed by atoms with Crippen molar-refractivity contribution in [3.63, 3.8) is 0 Å². The number of esters is 1. The molecule has 0 fully saturated rings. The minimum atomic E-state index is -0.911. The number of hydrogen-bond donors (Lipinski definition) is 3. The van der Waals surface area contributed by atoms with Crippen molar-refractivity contribution in [2.45, 2.75) is 25.3 Å². The number of halogens is 1. The van der Waals surface area contributed by atoms with Gasteiger partial charge in [0.1, 0.15) is 17.5 Å². The fourth-order valence-electron chi connectivity index (χ4n) is 2.84. The van der Waals surface area contributed by atoms with Gasteiger partial charge in [-0.25, -0.2) is 4.79 Å². The molecule has 0 radical (unpaired) electrons. The standard InChI is InChI=1S/C22H27ClN2O5/c1-24-10-6-7-11-30-20-14-19(26)16(13-17(20)23)21(27)25-18(22(28)29-2)12-15-8-4-3-5-9-15/h3-5,8-9,13-14,18,24,26H,6-7,10-12H2,1-2H3,(H,25,27). The van der Waals surface area contributed by atoms with Crippen LogP contribution in [0.4, 0.5) is 0 Å². The van der Waals surface area contributed by atoms with Crippen LogP contribution in [0.15, 0.2) is 42.5 Å². The number of methoxy groups -OCH3 is 1. The smallest absolute Gasteiger partial charge is 0.328 e. The molecule has 2 rings (SSSR count). The maximum absolute atomic E-state index is 12.7. The van der Waals surface area contributed by atoms with E-state index in [0.29, 0.717) is 12.4 Å². The third-order valence-electron chi connectivity index (χ3n) is 4.45. The molecule has 0 aliphatic heterocycles. The Morgan fingerprint density at radius 3 is 2.57 bits per heavy atom. The Hall–Kier alpha value is -2.77. The number of unbranched alkanes of at least 4 members (excludes halogenated alkanes) is 1. The number of hydrogen-bond acceptors (Lipinski definition) is 6. The fourth-order valence-corrected chi connectivity index (χ4v) is 3.06. The van der Waals surface area contributed by atoms with Gasteiger partial charge in [-0.05, 0) is 38.1 Å². The van der Waals surface area contributed by atoms with E-state index in [-0.39, 0.29) is 22.8 Å². The number of benzene rings is 2. The van der Waals surface area contributed by atoms with Crippen LogP contribution in [-0.2, 0) is 16.0 Å². The SMILES string of the molecule is CNCCCCOc1cc(O)c(C(=O)NC(Cc2ccccc2)C(=O)OC)cc1Cl. The summed E-state index contributed by atoms with van der Waals surface area (Å²) in [5, 5.41) is 16.2. The van der Waals surface area contributed by atoms with E-state index in [2.05, 4.69) is 10.6 Å². The van der Waals surface area contributed by atoms with E-state index in [1.807, 2.05) is 37.4 Å². The highest BCUT2D eigenvalue weighted by Gasteiger charge is 2.24. The highest BCUT2D eigenvalue weighted by atomic mass is 35.5. The number of phenolic OH excluding ortho intramolecular Hbond substituents is 1. The lowest BCUT2D eigenvalue weighted by Gasteiger charge is -2.18. The second-order valence-electron chi connectivity index (χ2n) is 6.70. The number of carbonyl (C=O) groups is 2. The van der Waals surface area contributed by atoms with E-state index in [9.17, 15) is 14.7 Å². The Labute approximate surface area is 181 Å². The first-order valence-corrected chi connectivity index (χ1v) is 10.1. The summed E-state index contributed by atoms with van der Waals surface area (Å²) < 4.78 is 10.4. The molecule has 1 atom stereocenters. The van der Waals surface area contributed by atoms with E-state index >= 15 is 0 Å². The summed E-state index contributed by atoms with van der Waals surface area (Å²) in [7, 11) is 3.13. The van der Waals surface area contributed by atoms with E-state index < -0.39 is 17.9 Å². The minimum absolute atomic E-state index is 0.0514. The number of phenols is 1. The zero-order valence-corrected chi connectivity index (χ0v) is 17.9. The maximum atomic E-state index is 12.7. The Morgan fingerprint density at radius 1 is 1.17 bits per heavy atom. The molecule has 0 saturated carbocycles. The number of ether oxygens (including phenoxy) is 2. The molecule has 3 N–H and O–H groups in total. The van der Waals surface area contributed by atoms with Gasteiger partial charge in [-0.1, -0.05) is 41.9 Å². The van der Waals surface area contributed by atoms with Gasteiger partial charge in [0, 0.05) is 12.5 Å². The first-order chi connectivity index (χ1) is 14.5. The second kappa shape index (κ2) is 12.0. The van der Waals surface area contributed by atoms with Crippen LogP contribution in [0.3, 0.4) is 0 Å². The molecule has 0 aliphatic carbocycles.